The molecule has 2 N–H and O–H groups in total. The van der Waals surface area contributed by atoms with Gasteiger partial charge >= 0.3 is 0 Å². The molecule has 3 atom stereocenters. The van der Waals surface area contributed by atoms with Crippen molar-refractivity contribution in [3.8, 4) is 0 Å². The predicted molar refractivity (Wildman–Crippen MR) is 57.3 cm³/mol. The standard InChI is InChI=1S/C11H23NO2/c1-4-9(2)7-12-8-11(13)5-6-14-10(11)3/h9-10,12-13H,4-8H2,1-3H3. The van der Waals surface area contributed by atoms with Crippen molar-refractivity contribution in [2.75, 3.05) is 19.7 Å². The van der Waals surface area contributed by atoms with Crippen molar-refractivity contribution < 1.29 is 9.84 Å². The summed E-state index contributed by atoms with van der Waals surface area (Å²) in [6.45, 7) is 8.65. The summed E-state index contributed by atoms with van der Waals surface area (Å²) in [4.78, 5) is 0. The Morgan fingerprint density at radius 3 is 2.86 bits per heavy atom. The average molecular weight is 201 g/mol. The Balaban J connectivity index is 2.23. The summed E-state index contributed by atoms with van der Waals surface area (Å²) in [6.07, 6.45) is 1.89. The van der Waals surface area contributed by atoms with Crippen molar-refractivity contribution in [1.29, 1.82) is 0 Å². The first-order chi connectivity index (χ1) is 6.58. The van der Waals surface area contributed by atoms with Gasteiger partial charge in [0.2, 0.25) is 0 Å². The summed E-state index contributed by atoms with van der Waals surface area (Å²) < 4.78 is 5.36. The molecular formula is C11H23NO2. The second-order valence-corrected chi connectivity index (χ2v) is 4.51. The zero-order valence-corrected chi connectivity index (χ0v) is 9.55. The number of ether oxygens (including phenoxy) is 1. The molecule has 0 saturated carbocycles. The molecular weight excluding hydrogens is 178 g/mol. The topological polar surface area (TPSA) is 41.5 Å². The van der Waals surface area contributed by atoms with E-state index in [9.17, 15) is 5.11 Å². The summed E-state index contributed by atoms with van der Waals surface area (Å²) in [5.41, 5.74) is -0.645. The third-order valence-electron chi connectivity index (χ3n) is 3.28. The van der Waals surface area contributed by atoms with E-state index in [4.69, 9.17) is 4.74 Å². The normalized spacial score (nSPS) is 34.7. The minimum Gasteiger partial charge on any atom is -0.386 e. The first-order valence-corrected chi connectivity index (χ1v) is 5.63. The number of rotatable bonds is 5. The Kier molecular flexibility index (Phi) is 4.35. The fraction of sp³-hybridized carbons (Fsp3) is 1.00. The third-order valence-corrected chi connectivity index (χ3v) is 3.28. The molecule has 0 aromatic carbocycles. The van der Waals surface area contributed by atoms with E-state index in [-0.39, 0.29) is 6.10 Å². The van der Waals surface area contributed by atoms with Gasteiger partial charge in [-0.1, -0.05) is 20.3 Å². The number of hydrogen-bond donors (Lipinski definition) is 2. The summed E-state index contributed by atoms with van der Waals surface area (Å²) in [6, 6.07) is 0. The second-order valence-electron chi connectivity index (χ2n) is 4.51. The smallest absolute Gasteiger partial charge is 0.105 e. The molecule has 1 fully saturated rings. The van der Waals surface area contributed by atoms with Gasteiger partial charge in [0.15, 0.2) is 0 Å². The summed E-state index contributed by atoms with van der Waals surface area (Å²) in [7, 11) is 0. The van der Waals surface area contributed by atoms with E-state index >= 15 is 0 Å². The largest absolute Gasteiger partial charge is 0.386 e. The van der Waals surface area contributed by atoms with E-state index in [0.29, 0.717) is 19.1 Å². The first kappa shape index (κ1) is 12.0. The summed E-state index contributed by atoms with van der Waals surface area (Å²) in [5.74, 6) is 0.677. The maximum atomic E-state index is 10.2. The van der Waals surface area contributed by atoms with Crippen LogP contribution in [0, 0.1) is 5.92 Å². The van der Waals surface area contributed by atoms with Crippen molar-refractivity contribution in [2.45, 2.75) is 45.3 Å². The minimum atomic E-state index is -0.645. The van der Waals surface area contributed by atoms with Gasteiger partial charge in [-0.3, -0.25) is 0 Å². The molecule has 1 aliphatic rings. The van der Waals surface area contributed by atoms with Gasteiger partial charge in [0.05, 0.1) is 6.10 Å². The quantitative estimate of drug-likeness (QED) is 0.701. The third kappa shape index (κ3) is 2.94. The highest BCUT2D eigenvalue weighted by molar-refractivity contribution is 4.91. The Morgan fingerprint density at radius 2 is 2.36 bits per heavy atom. The highest BCUT2D eigenvalue weighted by Gasteiger charge is 2.38. The molecule has 0 amide bonds. The molecule has 1 aliphatic heterocycles. The molecule has 3 nitrogen and oxygen atoms in total. The van der Waals surface area contributed by atoms with Crippen LogP contribution in [-0.2, 0) is 4.74 Å². The van der Waals surface area contributed by atoms with Crippen molar-refractivity contribution >= 4 is 0 Å². The maximum Gasteiger partial charge on any atom is 0.105 e. The van der Waals surface area contributed by atoms with Crippen LogP contribution in [-0.4, -0.2) is 36.5 Å². The summed E-state index contributed by atoms with van der Waals surface area (Å²) >= 11 is 0. The predicted octanol–water partition coefficient (Wildman–Crippen LogP) is 1.16. The van der Waals surface area contributed by atoms with Gasteiger partial charge < -0.3 is 15.2 Å². The minimum absolute atomic E-state index is 0.0352. The molecule has 14 heavy (non-hydrogen) atoms. The van der Waals surface area contributed by atoms with Crippen molar-refractivity contribution in [3.05, 3.63) is 0 Å². The lowest BCUT2D eigenvalue weighted by atomic mass is 9.96. The zero-order valence-electron chi connectivity index (χ0n) is 9.55. The van der Waals surface area contributed by atoms with Crippen LogP contribution in [0.1, 0.15) is 33.6 Å². The lowest BCUT2D eigenvalue weighted by molar-refractivity contribution is -0.0264. The highest BCUT2D eigenvalue weighted by Crippen LogP contribution is 2.24. The van der Waals surface area contributed by atoms with Gasteiger partial charge in [0.1, 0.15) is 5.60 Å². The van der Waals surface area contributed by atoms with Crippen LogP contribution in [0.15, 0.2) is 0 Å². The van der Waals surface area contributed by atoms with Crippen LogP contribution < -0.4 is 5.32 Å². The molecule has 84 valence electrons. The lowest BCUT2D eigenvalue weighted by Gasteiger charge is -2.26. The van der Waals surface area contributed by atoms with Gasteiger partial charge in [-0.25, -0.2) is 0 Å². The van der Waals surface area contributed by atoms with Gasteiger partial charge in [-0.2, -0.15) is 0 Å². The van der Waals surface area contributed by atoms with Crippen LogP contribution >= 0.6 is 0 Å². The second kappa shape index (κ2) is 5.10. The molecule has 3 unspecified atom stereocenters. The molecule has 0 spiro atoms. The molecule has 0 aromatic rings. The summed E-state index contributed by atoms with van der Waals surface area (Å²) in [5, 5.41) is 13.5. The van der Waals surface area contributed by atoms with Crippen molar-refractivity contribution in [3.63, 3.8) is 0 Å². The van der Waals surface area contributed by atoms with E-state index in [1.165, 1.54) is 6.42 Å². The average Bonchev–Trinajstić information content (AvgIpc) is 2.47. The van der Waals surface area contributed by atoms with Crippen molar-refractivity contribution in [1.82, 2.24) is 5.32 Å². The van der Waals surface area contributed by atoms with E-state index in [1.54, 1.807) is 0 Å². The van der Waals surface area contributed by atoms with Gasteiger partial charge in [-0.15, -0.1) is 0 Å². The monoisotopic (exact) mass is 201 g/mol. The number of aliphatic hydroxyl groups is 1. The first-order valence-electron chi connectivity index (χ1n) is 5.63. The van der Waals surface area contributed by atoms with E-state index in [2.05, 4.69) is 19.2 Å². The molecule has 1 heterocycles. The molecule has 1 saturated heterocycles. The molecule has 3 heteroatoms. The van der Waals surface area contributed by atoms with Gasteiger partial charge in [0.25, 0.3) is 0 Å². The molecule has 0 aromatic heterocycles. The molecule has 0 bridgehead atoms. The Labute approximate surface area is 86.8 Å². The number of hydrogen-bond acceptors (Lipinski definition) is 3. The van der Waals surface area contributed by atoms with Crippen molar-refractivity contribution in [2.24, 2.45) is 5.92 Å². The van der Waals surface area contributed by atoms with Crippen LogP contribution in [0.5, 0.6) is 0 Å². The molecule has 1 rings (SSSR count). The number of nitrogens with one attached hydrogen (secondary N) is 1. The van der Waals surface area contributed by atoms with E-state index in [0.717, 1.165) is 13.0 Å². The SMILES string of the molecule is CCC(C)CNCC1(O)CCOC1C. The van der Waals surface area contributed by atoms with Crippen LogP contribution in [0.2, 0.25) is 0 Å². The van der Waals surface area contributed by atoms with Crippen LogP contribution in [0.3, 0.4) is 0 Å². The fourth-order valence-corrected chi connectivity index (χ4v) is 1.68. The lowest BCUT2D eigenvalue weighted by Crippen LogP contribution is -2.46. The highest BCUT2D eigenvalue weighted by atomic mass is 16.5. The zero-order chi connectivity index (χ0) is 10.6. The Bertz CT molecular complexity index is 175. The fourth-order valence-electron chi connectivity index (χ4n) is 1.68. The Hall–Kier alpha value is -0.120. The van der Waals surface area contributed by atoms with E-state index < -0.39 is 5.60 Å². The van der Waals surface area contributed by atoms with Gasteiger partial charge in [0, 0.05) is 19.6 Å². The maximum absolute atomic E-state index is 10.2. The molecule has 0 radical (unpaired) electrons. The van der Waals surface area contributed by atoms with Crippen LogP contribution in [0.25, 0.3) is 0 Å². The van der Waals surface area contributed by atoms with Gasteiger partial charge in [-0.05, 0) is 19.4 Å². The Morgan fingerprint density at radius 1 is 1.64 bits per heavy atom. The molecule has 0 aliphatic carbocycles. The van der Waals surface area contributed by atoms with E-state index in [1.807, 2.05) is 6.92 Å². The van der Waals surface area contributed by atoms with Crippen LogP contribution in [0.4, 0.5) is 0 Å².